The SMILES string of the molecule is CSCCCN1CCCCCC1CO. The van der Waals surface area contributed by atoms with Gasteiger partial charge in [0.25, 0.3) is 0 Å². The highest BCUT2D eigenvalue weighted by Crippen LogP contribution is 2.16. The molecule has 1 aliphatic rings. The minimum atomic E-state index is 0.346. The molecule has 1 unspecified atom stereocenters. The molecule has 0 spiro atoms. The molecule has 2 nitrogen and oxygen atoms in total. The van der Waals surface area contributed by atoms with Crippen molar-refractivity contribution in [1.29, 1.82) is 0 Å². The molecule has 1 atom stereocenters. The maximum atomic E-state index is 9.30. The number of rotatable bonds is 5. The summed E-state index contributed by atoms with van der Waals surface area (Å²) in [6.07, 6.45) is 8.56. The summed E-state index contributed by atoms with van der Waals surface area (Å²) >= 11 is 1.92. The minimum absolute atomic E-state index is 0.346. The Balaban J connectivity index is 2.28. The van der Waals surface area contributed by atoms with Crippen LogP contribution >= 0.6 is 11.8 Å². The van der Waals surface area contributed by atoms with Crippen molar-refractivity contribution < 1.29 is 5.11 Å². The van der Waals surface area contributed by atoms with E-state index >= 15 is 0 Å². The van der Waals surface area contributed by atoms with E-state index in [1.165, 1.54) is 50.9 Å². The standard InChI is InChI=1S/C11H23NOS/c1-14-9-5-8-12-7-4-2-3-6-11(12)10-13/h11,13H,2-10H2,1H3. The van der Waals surface area contributed by atoms with E-state index in [1.807, 2.05) is 11.8 Å². The lowest BCUT2D eigenvalue weighted by Gasteiger charge is -2.28. The second-order valence-corrected chi connectivity index (χ2v) is 5.05. The molecule has 84 valence electrons. The molecule has 14 heavy (non-hydrogen) atoms. The fourth-order valence-electron chi connectivity index (χ4n) is 2.15. The third-order valence-corrected chi connectivity index (χ3v) is 3.70. The van der Waals surface area contributed by atoms with Crippen LogP contribution in [0.2, 0.25) is 0 Å². The molecule has 1 N–H and O–H groups in total. The van der Waals surface area contributed by atoms with Gasteiger partial charge in [0, 0.05) is 6.04 Å². The van der Waals surface area contributed by atoms with Gasteiger partial charge in [-0.05, 0) is 44.4 Å². The van der Waals surface area contributed by atoms with E-state index in [-0.39, 0.29) is 0 Å². The van der Waals surface area contributed by atoms with Gasteiger partial charge in [-0.25, -0.2) is 0 Å². The largest absolute Gasteiger partial charge is 0.395 e. The summed E-state index contributed by atoms with van der Waals surface area (Å²) in [5, 5.41) is 9.30. The Kier molecular flexibility index (Phi) is 6.65. The predicted octanol–water partition coefficient (Wildman–Crippen LogP) is 1.98. The molecule has 0 aromatic rings. The Morgan fingerprint density at radius 3 is 2.93 bits per heavy atom. The van der Waals surface area contributed by atoms with Crippen LogP contribution in [0.15, 0.2) is 0 Å². The van der Waals surface area contributed by atoms with E-state index in [0.29, 0.717) is 12.6 Å². The van der Waals surface area contributed by atoms with Crippen molar-refractivity contribution in [3.05, 3.63) is 0 Å². The van der Waals surface area contributed by atoms with Crippen molar-refractivity contribution in [3.63, 3.8) is 0 Å². The predicted molar refractivity (Wildman–Crippen MR) is 63.9 cm³/mol. The highest BCUT2D eigenvalue weighted by Gasteiger charge is 2.19. The lowest BCUT2D eigenvalue weighted by molar-refractivity contribution is 0.125. The second-order valence-electron chi connectivity index (χ2n) is 4.07. The molecule has 1 fully saturated rings. The number of aliphatic hydroxyl groups is 1. The number of likely N-dealkylation sites (tertiary alicyclic amines) is 1. The molecule has 1 aliphatic heterocycles. The average Bonchev–Trinajstić information content (AvgIpc) is 2.43. The van der Waals surface area contributed by atoms with Gasteiger partial charge in [-0.15, -0.1) is 0 Å². The summed E-state index contributed by atoms with van der Waals surface area (Å²) in [6, 6.07) is 0.444. The molecule has 0 aliphatic carbocycles. The normalized spacial score (nSPS) is 24.9. The summed E-state index contributed by atoms with van der Waals surface area (Å²) < 4.78 is 0. The Labute approximate surface area is 92.1 Å². The smallest absolute Gasteiger partial charge is 0.0586 e. The Bertz CT molecular complexity index is 143. The highest BCUT2D eigenvalue weighted by atomic mass is 32.2. The van der Waals surface area contributed by atoms with Crippen molar-refractivity contribution >= 4 is 11.8 Å². The molecule has 0 bridgehead atoms. The van der Waals surface area contributed by atoms with Crippen LogP contribution in [0.25, 0.3) is 0 Å². The summed E-state index contributed by atoms with van der Waals surface area (Å²) in [6.45, 7) is 2.71. The van der Waals surface area contributed by atoms with E-state index in [9.17, 15) is 5.11 Å². The Morgan fingerprint density at radius 1 is 1.36 bits per heavy atom. The van der Waals surface area contributed by atoms with Crippen LogP contribution in [0.1, 0.15) is 32.1 Å². The molecule has 0 saturated carbocycles. The monoisotopic (exact) mass is 217 g/mol. The molecular formula is C11H23NOS. The molecule has 1 saturated heterocycles. The maximum absolute atomic E-state index is 9.30. The van der Waals surface area contributed by atoms with Gasteiger partial charge in [-0.1, -0.05) is 12.8 Å². The number of nitrogens with zero attached hydrogens (tertiary/aromatic N) is 1. The first-order chi connectivity index (χ1) is 6.88. The minimum Gasteiger partial charge on any atom is -0.395 e. The van der Waals surface area contributed by atoms with Crippen molar-refractivity contribution in [2.24, 2.45) is 0 Å². The van der Waals surface area contributed by atoms with Gasteiger partial charge in [-0.3, -0.25) is 4.90 Å². The van der Waals surface area contributed by atoms with Crippen LogP contribution in [0.3, 0.4) is 0 Å². The van der Waals surface area contributed by atoms with Crippen molar-refractivity contribution in [1.82, 2.24) is 4.90 Å². The van der Waals surface area contributed by atoms with Gasteiger partial charge in [0.2, 0.25) is 0 Å². The quantitative estimate of drug-likeness (QED) is 0.712. The van der Waals surface area contributed by atoms with Gasteiger partial charge >= 0.3 is 0 Å². The topological polar surface area (TPSA) is 23.5 Å². The fraction of sp³-hybridized carbons (Fsp3) is 1.00. The van der Waals surface area contributed by atoms with Crippen LogP contribution in [0.5, 0.6) is 0 Å². The summed E-state index contributed by atoms with van der Waals surface area (Å²) in [7, 11) is 0. The van der Waals surface area contributed by atoms with Gasteiger partial charge in [-0.2, -0.15) is 11.8 Å². The number of thioether (sulfide) groups is 1. The molecule has 1 rings (SSSR count). The van der Waals surface area contributed by atoms with E-state index in [0.717, 1.165) is 0 Å². The van der Waals surface area contributed by atoms with E-state index < -0.39 is 0 Å². The Morgan fingerprint density at radius 2 is 2.21 bits per heavy atom. The van der Waals surface area contributed by atoms with Crippen LogP contribution in [-0.4, -0.2) is 47.8 Å². The third kappa shape index (κ3) is 4.20. The van der Waals surface area contributed by atoms with Crippen molar-refractivity contribution in [3.8, 4) is 0 Å². The van der Waals surface area contributed by atoms with Gasteiger partial charge in [0.15, 0.2) is 0 Å². The zero-order chi connectivity index (χ0) is 10.2. The molecule has 0 amide bonds. The number of hydrogen-bond acceptors (Lipinski definition) is 3. The molecular weight excluding hydrogens is 194 g/mol. The highest BCUT2D eigenvalue weighted by molar-refractivity contribution is 7.98. The summed E-state index contributed by atoms with van der Waals surface area (Å²) in [5.74, 6) is 1.24. The number of aliphatic hydroxyl groups excluding tert-OH is 1. The van der Waals surface area contributed by atoms with E-state index in [2.05, 4.69) is 11.2 Å². The van der Waals surface area contributed by atoms with Crippen molar-refractivity contribution in [2.45, 2.75) is 38.1 Å². The van der Waals surface area contributed by atoms with Gasteiger partial charge < -0.3 is 5.11 Å². The molecule has 1 heterocycles. The maximum Gasteiger partial charge on any atom is 0.0586 e. The fourth-order valence-corrected chi connectivity index (χ4v) is 2.57. The Hall–Kier alpha value is 0.270. The summed E-state index contributed by atoms with van der Waals surface area (Å²) in [5.41, 5.74) is 0. The first-order valence-corrected chi connectivity index (χ1v) is 7.11. The van der Waals surface area contributed by atoms with Crippen LogP contribution < -0.4 is 0 Å². The van der Waals surface area contributed by atoms with Crippen LogP contribution in [0.4, 0.5) is 0 Å². The van der Waals surface area contributed by atoms with E-state index in [4.69, 9.17) is 0 Å². The molecule has 3 heteroatoms. The van der Waals surface area contributed by atoms with E-state index in [1.54, 1.807) is 0 Å². The molecule has 0 radical (unpaired) electrons. The lowest BCUT2D eigenvalue weighted by Crippen LogP contribution is -2.38. The first kappa shape index (κ1) is 12.3. The lowest BCUT2D eigenvalue weighted by atomic mass is 10.1. The van der Waals surface area contributed by atoms with Gasteiger partial charge in [0.05, 0.1) is 6.61 Å². The zero-order valence-corrected chi connectivity index (χ0v) is 10.1. The first-order valence-electron chi connectivity index (χ1n) is 5.72. The second kappa shape index (κ2) is 7.55. The third-order valence-electron chi connectivity index (χ3n) is 3.00. The number of hydrogen-bond donors (Lipinski definition) is 1. The zero-order valence-electron chi connectivity index (χ0n) is 9.24. The average molecular weight is 217 g/mol. The van der Waals surface area contributed by atoms with Crippen LogP contribution in [0, 0.1) is 0 Å². The molecule has 0 aromatic heterocycles. The van der Waals surface area contributed by atoms with Crippen molar-refractivity contribution in [2.75, 3.05) is 31.7 Å². The van der Waals surface area contributed by atoms with Crippen LogP contribution in [-0.2, 0) is 0 Å². The molecule has 0 aromatic carbocycles. The summed E-state index contributed by atoms with van der Waals surface area (Å²) in [4.78, 5) is 2.49. The van der Waals surface area contributed by atoms with Gasteiger partial charge in [0.1, 0.15) is 0 Å².